The Morgan fingerprint density at radius 2 is 1.69 bits per heavy atom. The molecule has 0 aliphatic carbocycles. The Labute approximate surface area is 199 Å². The van der Waals surface area contributed by atoms with Crippen LogP contribution in [0.15, 0.2) is 77.7 Å². The second kappa shape index (κ2) is 9.56. The summed E-state index contributed by atoms with van der Waals surface area (Å²) in [5.74, 6) is -0.469. The number of carbonyl (C=O) groups is 2. The van der Waals surface area contributed by atoms with E-state index < -0.39 is 5.97 Å². The molecular formula is C24H16ClNO4S2. The smallest absolute Gasteiger partial charge is 0.335 e. The third-order valence-electron chi connectivity index (χ3n) is 4.66. The average molecular weight is 482 g/mol. The van der Waals surface area contributed by atoms with Crippen LogP contribution in [0.3, 0.4) is 0 Å². The van der Waals surface area contributed by atoms with Crippen molar-refractivity contribution in [3.8, 4) is 5.75 Å². The molecule has 0 atom stereocenters. The topological polar surface area (TPSA) is 66.8 Å². The monoisotopic (exact) mass is 481 g/mol. The van der Waals surface area contributed by atoms with E-state index in [1.807, 2.05) is 24.3 Å². The van der Waals surface area contributed by atoms with E-state index in [2.05, 4.69) is 0 Å². The fourth-order valence-corrected chi connectivity index (χ4v) is 4.43. The van der Waals surface area contributed by atoms with Gasteiger partial charge in [-0.25, -0.2) is 4.79 Å². The lowest BCUT2D eigenvalue weighted by atomic mass is 10.1. The number of halogens is 1. The number of thiocarbonyl (C=S) groups is 1. The van der Waals surface area contributed by atoms with E-state index in [0.717, 1.165) is 11.1 Å². The minimum atomic E-state index is -0.960. The Morgan fingerprint density at radius 1 is 1.03 bits per heavy atom. The molecule has 1 saturated heterocycles. The molecule has 3 aromatic carbocycles. The summed E-state index contributed by atoms with van der Waals surface area (Å²) in [4.78, 5) is 25.8. The van der Waals surface area contributed by atoms with Gasteiger partial charge in [-0.3, -0.25) is 9.69 Å². The third kappa shape index (κ3) is 5.02. The Kier molecular flexibility index (Phi) is 6.60. The van der Waals surface area contributed by atoms with E-state index in [4.69, 9.17) is 33.7 Å². The van der Waals surface area contributed by atoms with Gasteiger partial charge >= 0.3 is 5.97 Å². The van der Waals surface area contributed by atoms with Gasteiger partial charge in [-0.05, 0) is 65.7 Å². The van der Waals surface area contributed by atoms with Gasteiger partial charge in [0.05, 0.1) is 16.2 Å². The molecule has 1 heterocycles. The summed E-state index contributed by atoms with van der Waals surface area (Å²) in [7, 11) is 0. The molecule has 32 heavy (non-hydrogen) atoms. The first-order valence-electron chi connectivity index (χ1n) is 9.49. The molecule has 0 spiro atoms. The highest BCUT2D eigenvalue weighted by Gasteiger charge is 2.33. The molecule has 1 N–H and O–H groups in total. The molecule has 160 valence electrons. The Balaban J connectivity index is 1.41. The molecule has 1 amide bonds. The Morgan fingerprint density at radius 3 is 2.31 bits per heavy atom. The summed E-state index contributed by atoms with van der Waals surface area (Å²) in [6.45, 7) is 0.318. The van der Waals surface area contributed by atoms with Crippen molar-refractivity contribution in [2.24, 2.45) is 0 Å². The molecule has 3 aromatic rings. The summed E-state index contributed by atoms with van der Waals surface area (Å²) >= 11 is 12.6. The highest BCUT2D eigenvalue weighted by Crippen LogP contribution is 2.36. The van der Waals surface area contributed by atoms with E-state index in [0.29, 0.717) is 32.3 Å². The van der Waals surface area contributed by atoms with E-state index in [9.17, 15) is 9.59 Å². The number of benzene rings is 3. The van der Waals surface area contributed by atoms with Gasteiger partial charge in [-0.15, -0.1) is 0 Å². The molecule has 0 radical (unpaired) electrons. The van der Waals surface area contributed by atoms with Crippen molar-refractivity contribution in [1.82, 2.24) is 0 Å². The van der Waals surface area contributed by atoms with E-state index in [1.165, 1.54) is 16.7 Å². The number of hydrogen-bond acceptors (Lipinski definition) is 5. The van der Waals surface area contributed by atoms with E-state index >= 15 is 0 Å². The molecule has 1 aliphatic rings. The van der Waals surface area contributed by atoms with Gasteiger partial charge in [0.15, 0.2) is 4.32 Å². The van der Waals surface area contributed by atoms with Crippen molar-refractivity contribution in [3.63, 3.8) is 0 Å². The average Bonchev–Trinajstić information content (AvgIpc) is 3.07. The zero-order valence-electron chi connectivity index (χ0n) is 16.5. The highest BCUT2D eigenvalue weighted by molar-refractivity contribution is 8.27. The minimum Gasteiger partial charge on any atom is -0.489 e. The SMILES string of the molecule is O=C(O)c1ccc(COc2ccc(/C=C3\SC(=S)N(c4ccc(Cl)cc4)C3=O)cc2)cc1. The standard InChI is InChI=1S/C24H16ClNO4S2/c25-18-7-9-19(10-8-18)26-22(27)21(32-24(26)31)13-15-3-11-20(12-4-15)30-14-16-1-5-17(6-2-16)23(28)29/h1-13H,14H2,(H,28,29)/b21-13-. The number of nitrogens with zero attached hydrogens (tertiary/aromatic N) is 1. The van der Waals surface area contributed by atoms with Crippen molar-refractivity contribution in [1.29, 1.82) is 0 Å². The maximum atomic E-state index is 12.9. The second-order valence-corrected chi connectivity index (χ2v) is 8.97. The first-order chi connectivity index (χ1) is 15.4. The molecule has 1 aliphatic heterocycles. The molecule has 0 bridgehead atoms. The van der Waals surface area contributed by atoms with Gasteiger partial charge in [0, 0.05) is 5.02 Å². The van der Waals surface area contributed by atoms with Gasteiger partial charge in [0.2, 0.25) is 0 Å². The van der Waals surface area contributed by atoms with Crippen LogP contribution in [0.1, 0.15) is 21.5 Å². The van der Waals surface area contributed by atoms with E-state index in [1.54, 1.807) is 54.6 Å². The number of carboxylic acids is 1. The van der Waals surface area contributed by atoms with Gasteiger partial charge in [-0.1, -0.05) is 59.8 Å². The van der Waals surface area contributed by atoms with Gasteiger partial charge in [0.1, 0.15) is 12.4 Å². The van der Waals surface area contributed by atoms with Crippen molar-refractivity contribution in [2.45, 2.75) is 6.61 Å². The number of aromatic carboxylic acids is 1. The zero-order valence-corrected chi connectivity index (χ0v) is 18.9. The number of anilines is 1. The van der Waals surface area contributed by atoms with Crippen LogP contribution in [-0.4, -0.2) is 21.3 Å². The molecule has 0 saturated carbocycles. The molecule has 8 heteroatoms. The van der Waals surface area contributed by atoms with Gasteiger partial charge in [-0.2, -0.15) is 0 Å². The maximum absolute atomic E-state index is 12.9. The van der Waals surface area contributed by atoms with Crippen LogP contribution < -0.4 is 9.64 Å². The zero-order chi connectivity index (χ0) is 22.7. The lowest BCUT2D eigenvalue weighted by Crippen LogP contribution is -2.27. The second-order valence-electron chi connectivity index (χ2n) is 6.85. The number of amides is 1. The van der Waals surface area contributed by atoms with Crippen LogP contribution in [0, 0.1) is 0 Å². The van der Waals surface area contributed by atoms with Crippen molar-refractivity contribution >= 4 is 63.5 Å². The fraction of sp³-hybridized carbons (Fsp3) is 0.0417. The van der Waals surface area contributed by atoms with Crippen LogP contribution in [0.5, 0.6) is 5.75 Å². The number of rotatable bonds is 6. The molecular weight excluding hydrogens is 466 g/mol. The van der Waals surface area contributed by atoms with Crippen LogP contribution in [-0.2, 0) is 11.4 Å². The van der Waals surface area contributed by atoms with Crippen molar-refractivity contribution < 1.29 is 19.4 Å². The summed E-state index contributed by atoms with van der Waals surface area (Å²) in [6.07, 6.45) is 1.80. The summed E-state index contributed by atoms with van der Waals surface area (Å²) in [5.41, 5.74) is 2.63. The van der Waals surface area contributed by atoms with Crippen molar-refractivity contribution in [2.75, 3.05) is 4.90 Å². The van der Waals surface area contributed by atoms with Gasteiger partial charge in [0.25, 0.3) is 5.91 Å². The number of carbonyl (C=O) groups excluding carboxylic acids is 1. The van der Waals surface area contributed by atoms with Crippen LogP contribution >= 0.6 is 35.6 Å². The normalized spacial score (nSPS) is 14.8. The van der Waals surface area contributed by atoms with Crippen LogP contribution in [0.25, 0.3) is 6.08 Å². The Bertz CT molecular complexity index is 1210. The maximum Gasteiger partial charge on any atom is 0.335 e. The third-order valence-corrected chi connectivity index (χ3v) is 6.22. The summed E-state index contributed by atoms with van der Waals surface area (Å²) in [6, 6.07) is 20.9. The Hall–Kier alpha value is -3.13. The predicted molar refractivity (Wildman–Crippen MR) is 131 cm³/mol. The van der Waals surface area contributed by atoms with Crippen LogP contribution in [0.4, 0.5) is 5.69 Å². The summed E-state index contributed by atoms with van der Waals surface area (Å²) in [5, 5.41) is 9.54. The van der Waals surface area contributed by atoms with E-state index in [-0.39, 0.29) is 11.5 Å². The fourth-order valence-electron chi connectivity index (χ4n) is 3.00. The lowest BCUT2D eigenvalue weighted by molar-refractivity contribution is -0.113. The lowest BCUT2D eigenvalue weighted by Gasteiger charge is -2.14. The minimum absolute atomic E-state index is 0.174. The molecule has 0 aromatic heterocycles. The largest absolute Gasteiger partial charge is 0.489 e. The van der Waals surface area contributed by atoms with Crippen molar-refractivity contribution in [3.05, 3.63) is 99.4 Å². The molecule has 1 fully saturated rings. The highest BCUT2D eigenvalue weighted by atomic mass is 35.5. The van der Waals surface area contributed by atoms with Gasteiger partial charge < -0.3 is 9.84 Å². The molecule has 5 nitrogen and oxygen atoms in total. The molecule has 0 unspecified atom stereocenters. The number of hydrogen-bond donors (Lipinski definition) is 1. The first kappa shape index (κ1) is 22.1. The molecule has 4 rings (SSSR count). The number of ether oxygens (including phenoxy) is 1. The first-order valence-corrected chi connectivity index (χ1v) is 11.1. The quantitative estimate of drug-likeness (QED) is 0.343. The predicted octanol–water partition coefficient (Wildman–Crippen LogP) is 6.02. The summed E-state index contributed by atoms with van der Waals surface area (Å²) < 4.78 is 6.23. The number of carboxylic acid groups (broad SMARTS) is 1. The van der Waals surface area contributed by atoms with Crippen LogP contribution in [0.2, 0.25) is 5.02 Å². The number of thioether (sulfide) groups is 1.